The molecule has 2 rings (SSSR count). The fourth-order valence-corrected chi connectivity index (χ4v) is 2.88. The third-order valence-corrected chi connectivity index (χ3v) is 4.02. The van der Waals surface area contributed by atoms with E-state index in [2.05, 4.69) is 37.6 Å². The van der Waals surface area contributed by atoms with Gasteiger partial charge >= 0.3 is 0 Å². The van der Waals surface area contributed by atoms with E-state index in [0.717, 1.165) is 12.3 Å². The first-order valence-electron chi connectivity index (χ1n) is 7.04. The van der Waals surface area contributed by atoms with Crippen molar-refractivity contribution < 1.29 is 0 Å². The van der Waals surface area contributed by atoms with E-state index in [-0.39, 0.29) is 6.04 Å². The summed E-state index contributed by atoms with van der Waals surface area (Å²) in [6.45, 7) is 6.93. The van der Waals surface area contributed by atoms with E-state index in [4.69, 9.17) is 5.73 Å². The van der Waals surface area contributed by atoms with E-state index in [0.29, 0.717) is 6.04 Å². The van der Waals surface area contributed by atoms with Gasteiger partial charge in [0.2, 0.25) is 0 Å². The van der Waals surface area contributed by atoms with E-state index in [1.807, 2.05) is 0 Å². The molecular formula is C15H26N2. The maximum absolute atomic E-state index is 6.17. The fourth-order valence-electron chi connectivity index (χ4n) is 2.88. The highest BCUT2D eigenvalue weighted by atomic mass is 15.0. The molecule has 0 fully saturated rings. The van der Waals surface area contributed by atoms with Crippen LogP contribution in [0.4, 0.5) is 0 Å². The predicted octanol–water partition coefficient (Wildman–Crippen LogP) is 3.82. The molecule has 1 aliphatic rings. The minimum Gasteiger partial charge on any atom is -0.348 e. The topological polar surface area (TPSA) is 30.9 Å². The van der Waals surface area contributed by atoms with Gasteiger partial charge in [0.15, 0.2) is 0 Å². The van der Waals surface area contributed by atoms with Crippen molar-refractivity contribution in [1.29, 1.82) is 0 Å². The lowest BCUT2D eigenvalue weighted by molar-refractivity contribution is 0.423. The molecule has 0 bridgehead atoms. The first-order chi connectivity index (χ1) is 8.09. The average molecular weight is 234 g/mol. The Morgan fingerprint density at radius 3 is 2.82 bits per heavy atom. The zero-order valence-electron chi connectivity index (χ0n) is 11.4. The normalized spacial score (nSPS) is 21.6. The van der Waals surface area contributed by atoms with Gasteiger partial charge in [0, 0.05) is 24.0 Å². The van der Waals surface area contributed by atoms with Gasteiger partial charge in [0.05, 0.1) is 0 Å². The zero-order valence-corrected chi connectivity index (χ0v) is 11.4. The maximum atomic E-state index is 6.17. The van der Waals surface area contributed by atoms with Crippen molar-refractivity contribution in [3.8, 4) is 0 Å². The molecule has 0 radical (unpaired) electrons. The predicted molar refractivity (Wildman–Crippen MR) is 73.1 cm³/mol. The molecule has 1 aliphatic carbocycles. The minimum atomic E-state index is 0.275. The van der Waals surface area contributed by atoms with Gasteiger partial charge in [-0.3, -0.25) is 0 Å². The lowest BCUT2D eigenvalue weighted by Crippen LogP contribution is -2.19. The third-order valence-electron chi connectivity index (χ3n) is 4.02. The van der Waals surface area contributed by atoms with Gasteiger partial charge in [-0.1, -0.05) is 13.8 Å². The Labute approximate surface area is 105 Å². The number of hydrogen-bond donors (Lipinski definition) is 1. The quantitative estimate of drug-likeness (QED) is 0.843. The average Bonchev–Trinajstić information content (AvgIpc) is 2.71. The van der Waals surface area contributed by atoms with Crippen LogP contribution in [-0.4, -0.2) is 4.57 Å². The van der Waals surface area contributed by atoms with Crippen LogP contribution in [0.25, 0.3) is 0 Å². The number of hydrogen-bond acceptors (Lipinski definition) is 1. The summed E-state index contributed by atoms with van der Waals surface area (Å²) in [5.74, 6) is 0.797. The Kier molecular flexibility index (Phi) is 3.93. The highest BCUT2D eigenvalue weighted by Crippen LogP contribution is 2.31. The first kappa shape index (κ1) is 12.7. The molecule has 0 amide bonds. The Hall–Kier alpha value is -0.760. The van der Waals surface area contributed by atoms with Gasteiger partial charge < -0.3 is 10.3 Å². The second-order valence-corrected chi connectivity index (χ2v) is 5.94. The van der Waals surface area contributed by atoms with Crippen molar-refractivity contribution in [2.75, 3.05) is 0 Å². The largest absolute Gasteiger partial charge is 0.348 e. The summed E-state index contributed by atoms with van der Waals surface area (Å²) in [6, 6.07) is 3.13. The maximum Gasteiger partial charge on any atom is 0.0312 e. The van der Waals surface area contributed by atoms with Crippen molar-refractivity contribution in [2.45, 2.75) is 65.0 Å². The molecule has 1 aromatic rings. The molecule has 0 spiro atoms. The third kappa shape index (κ3) is 2.74. The van der Waals surface area contributed by atoms with Gasteiger partial charge in [0.1, 0.15) is 0 Å². The molecule has 2 N–H and O–H groups in total. The number of rotatable bonds is 4. The standard InChI is InChI=1S/C15H26N2/c1-11(2)7-8-12(3)17-10-9-13-14(16)5-4-6-15(13)17/h9-12,14H,4-8,16H2,1-3H3. The molecule has 0 saturated heterocycles. The molecule has 96 valence electrons. The second-order valence-electron chi connectivity index (χ2n) is 5.94. The van der Waals surface area contributed by atoms with E-state index in [9.17, 15) is 0 Å². The Bertz CT molecular complexity index is 365. The van der Waals surface area contributed by atoms with Crippen LogP contribution in [0.1, 0.15) is 69.8 Å². The van der Waals surface area contributed by atoms with E-state index in [1.54, 1.807) is 0 Å². The first-order valence-corrected chi connectivity index (χ1v) is 7.04. The van der Waals surface area contributed by atoms with Gasteiger partial charge in [-0.25, -0.2) is 0 Å². The lowest BCUT2D eigenvalue weighted by atomic mass is 9.93. The minimum absolute atomic E-state index is 0.275. The molecule has 0 aromatic carbocycles. The van der Waals surface area contributed by atoms with Crippen LogP contribution < -0.4 is 5.73 Å². The van der Waals surface area contributed by atoms with Crippen molar-refractivity contribution in [1.82, 2.24) is 4.57 Å². The zero-order chi connectivity index (χ0) is 12.4. The van der Waals surface area contributed by atoms with Crippen molar-refractivity contribution in [3.05, 3.63) is 23.5 Å². The fraction of sp³-hybridized carbons (Fsp3) is 0.733. The smallest absolute Gasteiger partial charge is 0.0312 e. The van der Waals surface area contributed by atoms with Crippen molar-refractivity contribution in [3.63, 3.8) is 0 Å². The number of fused-ring (bicyclic) bond motifs is 1. The molecule has 0 aliphatic heterocycles. The van der Waals surface area contributed by atoms with E-state index < -0.39 is 0 Å². The number of aromatic nitrogens is 1. The van der Waals surface area contributed by atoms with Crippen LogP contribution in [0.2, 0.25) is 0 Å². The molecule has 17 heavy (non-hydrogen) atoms. The Morgan fingerprint density at radius 1 is 1.35 bits per heavy atom. The Morgan fingerprint density at radius 2 is 2.12 bits per heavy atom. The molecule has 2 unspecified atom stereocenters. The van der Waals surface area contributed by atoms with Gasteiger partial charge in [-0.2, -0.15) is 0 Å². The van der Waals surface area contributed by atoms with Crippen LogP contribution in [0.15, 0.2) is 12.3 Å². The highest BCUT2D eigenvalue weighted by molar-refractivity contribution is 5.28. The highest BCUT2D eigenvalue weighted by Gasteiger charge is 2.21. The van der Waals surface area contributed by atoms with Crippen LogP contribution >= 0.6 is 0 Å². The van der Waals surface area contributed by atoms with Crippen LogP contribution in [-0.2, 0) is 6.42 Å². The summed E-state index contributed by atoms with van der Waals surface area (Å²) in [5, 5.41) is 0. The molecule has 1 aromatic heterocycles. The van der Waals surface area contributed by atoms with Crippen molar-refractivity contribution in [2.24, 2.45) is 11.7 Å². The molecule has 2 nitrogen and oxygen atoms in total. The van der Waals surface area contributed by atoms with Gasteiger partial charge in [-0.05, 0) is 56.6 Å². The molecule has 0 saturated carbocycles. The van der Waals surface area contributed by atoms with Gasteiger partial charge in [0.25, 0.3) is 0 Å². The van der Waals surface area contributed by atoms with Crippen LogP contribution in [0.5, 0.6) is 0 Å². The SMILES string of the molecule is CC(C)CCC(C)n1ccc2c1CCCC2N. The molecule has 2 heteroatoms. The van der Waals surface area contributed by atoms with Gasteiger partial charge in [-0.15, -0.1) is 0 Å². The summed E-state index contributed by atoms with van der Waals surface area (Å²) in [7, 11) is 0. The molecule has 2 atom stereocenters. The number of nitrogens with two attached hydrogens (primary N) is 1. The molecule has 1 heterocycles. The summed E-state index contributed by atoms with van der Waals surface area (Å²) in [4.78, 5) is 0. The monoisotopic (exact) mass is 234 g/mol. The van der Waals surface area contributed by atoms with Crippen LogP contribution in [0.3, 0.4) is 0 Å². The summed E-state index contributed by atoms with van der Waals surface area (Å²) in [6.07, 6.45) is 8.43. The summed E-state index contributed by atoms with van der Waals surface area (Å²) >= 11 is 0. The lowest BCUT2D eigenvalue weighted by Gasteiger charge is -2.24. The summed E-state index contributed by atoms with van der Waals surface area (Å²) < 4.78 is 2.47. The molecular weight excluding hydrogens is 208 g/mol. The van der Waals surface area contributed by atoms with E-state index >= 15 is 0 Å². The summed E-state index contributed by atoms with van der Waals surface area (Å²) in [5.41, 5.74) is 9.06. The van der Waals surface area contributed by atoms with Crippen molar-refractivity contribution >= 4 is 0 Å². The second kappa shape index (κ2) is 5.26. The van der Waals surface area contributed by atoms with E-state index in [1.165, 1.54) is 36.9 Å². The Balaban J connectivity index is 2.11. The number of nitrogens with zero attached hydrogens (tertiary/aromatic N) is 1. The van der Waals surface area contributed by atoms with Crippen LogP contribution in [0, 0.1) is 5.92 Å².